The summed E-state index contributed by atoms with van der Waals surface area (Å²) in [7, 11) is 0. The lowest BCUT2D eigenvalue weighted by Crippen LogP contribution is -2.23. The van der Waals surface area contributed by atoms with Crippen molar-refractivity contribution in [1.82, 2.24) is 0 Å². The maximum atomic E-state index is 12.3. The Balaban J connectivity index is 3.21. The Hall–Kier alpha value is -0.820. The van der Waals surface area contributed by atoms with Crippen LogP contribution in [-0.2, 0) is 0 Å². The van der Waals surface area contributed by atoms with Gasteiger partial charge in [0.2, 0.25) is 0 Å². The summed E-state index contributed by atoms with van der Waals surface area (Å²) in [6, 6.07) is 3.77. The molecule has 1 rings (SSSR count). The van der Waals surface area contributed by atoms with Crippen LogP contribution in [0.15, 0.2) is 12.1 Å². The van der Waals surface area contributed by atoms with E-state index in [9.17, 15) is 4.79 Å². The predicted molar refractivity (Wildman–Crippen MR) is 69.3 cm³/mol. The quantitative estimate of drug-likeness (QED) is 0.705. The number of rotatable bonds is 3. The Morgan fingerprint density at radius 1 is 1.25 bits per heavy atom. The van der Waals surface area contributed by atoms with Crippen molar-refractivity contribution < 1.29 is 4.79 Å². The number of Topliss-reactive ketones (excluding diaryl/α,β-unsaturated/α-hetero) is 1. The van der Waals surface area contributed by atoms with Crippen molar-refractivity contribution in [3.8, 4) is 0 Å². The van der Waals surface area contributed by atoms with Gasteiger partial charge in [0.1, 0.15) is 0 Å². The fourth-order valence-electron chi connectivity index (χ4n) is 1.63. The second kappa shape index (κ2) is 4.58. The highest BCUT2D eigenvalue weighted by atomic mass is 35.5. The second-order valence-electron chi connectivity index (χ2n) is 4.99. The van der Waals surface area contributed by atoms with Gasteiger partial charge >= 0.3 is 0 Å². The van der Waals surface area contributed by atoms with Gasteiger partial charge in [0.05, 0.1) is 0 Å². The van der Waals surface area contributed by atoms with Crippen LogP contribution in [0.2, 0.25) is 5.02 Å². The third-order valence-electron chi connectivity index (χ3n) is 3.20. The molecule has 0 aliphatic carbocycles. The Morgan fingerprint density at radius 3 is 2.06 bits per heavy atom. The van der Waals surface area contributed by atoms with Crippen molar-refractivity contribution in [3.05, 3.63) is 33.8 Å². The van der Waals surface area contributed by atoms with Crippen molar-refractivity contribution >= 4 is 17.4 Å². The van der Waals surface area contributed by atoms with Gasteiger partial charge in [-0.2, -0.15) is 0 Å². The first-order valence-corrected chi connectivity index (χ1v) is 5.99. The summed E-state index contributed by atoms with van der Waals surface area (Å²) in [5.41, 5.74) is 2.41. The first-order chi connectivity index (χ1) is 7.29. The van der Waals surface area contributed by atoms with Gasteiger partial charge in [0, 0.05) is 16.0 Å². The average molecular weight is 239 g/mol. The molecule has 1 aromatic carbocycles. The molecule has 16 heavy (non-hydrogen) atoms. The minimum absolute atomic E-state index is 0.192. The van der Waals surface area contributed by atoms with Crippen molar-refractivity contribution in [2.45, 2.75) is 41.0 Å². The first kappa shape index (κ1) is 13.2. The molecule has 0 saturated carbocycles. The Labute approximate surface area is 103 Å². The van der Waals surface area contributed by atoms with E-state index < -0.39 is 0 Å². The molecular formula is C14H19ClO. The highest BCUT2D eigenvalue weighted by Crippen LogP contribution is 2.29. The molecule has 0 atom stereocenters. The molecule has 2 heteroatoms. The third-order valence-corrected chi connectivity index (χ3v) is 3.79. The zero-order valence-electron chi connectivity index (χ0n) is 10.6. The van der Waals surface area contributed by atoms with E-state index in [1.165, 1.54) is 0 Å². The molecule has 1 nitrogen and oxygen atoms in total. The van der Waals surface area contributed by atoms with Crippen LogP contribution in [0.5, 0.6) is 0 Å². The smallest absolute Gasteiger partial charge is 0.168 e. The standard InChI is InChI=1S/C14H19ClO/c1-6-14(4,5)13(16)11-7-9(2)12(15)10(3)8-11/h7-8H,6H2,1-5H3. The lowest BCUT2D eigenvalue weighted by atomic mass is 9.81. The molecule has 0 spiro atoms. The van der Waals surface area contributed by atoms with Gasteiger partial charge in [-0.1, -0.05) is 32.4 Å². The third kappa shape index (κ3) is 2.46. The monoisotopic (exact) mass is 238 g/mol. The molecule has 0 N–H and O–H groups in total. The maximum Gasteiger partial charge on any atom is 0.168 e. The van der Waals surface area contributed by atoms with Crippen LogP contribution in [0.4, 0.5) is 0 Å². The van der Waals surface area contributed by atoms with Crippen LogP contribution in [0.1, 0.15) is 48.7 Å². The van der Waals surface area contributed by atoms with Gasteiger partial charge in [-0.15, -0.1) is 0 Å². The molecule has 0 amide bonds. The number of benzene rings is 1. The number of aryl methyl sites for hydroxylation is 2. The van der Waals surface area contributed by atoms with Crippen LogP contribution in [0.25, 0.3) is 0 Å². The Bertz CT molecular complexity index is 396. The van der Waals surface area contributed by atoms with E-state index >= 15 is 0 Å². The van der Waals surface area contributed by atoms with Crippen molar-refractivity contribution in [2.75, 3.05) is 0 Å². The van der Waals surface area contributed by atoms with Gasteiger partial charge in [0.15, 0.2) is 5.78 Å². The topological polar surface area (TPSA) is 17.1 Å². The van der Waals surface area contributed by atoms with Gasteiger partial charge in [0.25, 0.3) is 0 Å². The molecule has 1 aromatic rings. The summed E-state index contributed by atoms with van der Waals surface area (Å²) in [6.45, 7) is 9.87. The lowest BCUT2D eigenvalue weighted by Gasteiger charge is -2.21. The van der Waals surface area contributed by atoms with E-state index in [4.69, 9.17) is 11.6 Å². The number of carbonyl (C=O) groups excluding carboxylic acids is 1. The zero-order valence-corrected chi connectivity index (χ0v) is 11.4. The van der Waals surface area contributed by atoms with Crippen LogP contribution >= 0.6 is 11.6 Å². The van der Waals surface area contributed by atoms with Crippen LogP contribution in [-0.4, -0.2) is 5.78 Å². The Kier molecular flexibility index (Phi) is 3.80. The maximum absolute atomic E-state index is 12.3. The van der Waals surface area contributed by atoms with E-state index in [1.807, 2.05) is 46.8 Å². The normalized spacial score (nSPS) is 11.6. The first-order valence-electron chi connectivity index (χ1n) is 5.61. The second-order valence-corrected chi connectivity index (χ2v) is 5.37. The fraction of sp³-hybridized carbons (Fsp3) is 0.500. The number of ketones is 1. The van der Waals surface area contributed by atoms with Crippen molar-refractivity contribution in [2.24, 2.45) is 5.41 Å². The Morgan fingerprint density at radius 2 is 1.69 bits per heavy atom. The molecule has 88 valence electrons. The van der Waals surface area contributed by atoms with Crippen molar-refractivity contribution in [3.63, 3.8) is 0 Å². The van der Waals surface area contributed by atoms with Gasteiger partial charge in [-0.25, -0.2) is 0 Å². The molecule has 0 saturated heterocycles. The van der Waals surface area contributed by atoms with Crippen LogP contribution in [0.3, 0.4) is 0 Å². The summed E-state index contributed by atoms with van der Waals surface area (Å²) in [6.07, 6.45) is 0.840. The van der Waals surface area contributed by atoms with E-state index in [1.54, 1.807) is 0 Å². The number of hydrogen-bond donors (Lipinski definition) is 0. The summed E-state index contributed by atoms with van der Waals surface area (Å²) >= 11 is 6.09. The number of carbonyl (C=O) groups is 1. The van der Waals surface area contributed by atoms with E-state index in [2.05, 4.69) is 0 Å². The molecule has 0 heterocycles. The SMILES string of the molecule is CCC(C)(C)C(=O)c1cc(C)c(Cl)c(C)c1. The summed E-state index contributed by atoms with van der Waals surface area (Å²) in [5.74, 6) is 0.192. The van der Waals surface area contributed by atoms with Crippen LogP contribution < -0.4 is 0 Å². The van der Waals surface area contributed by atoms with Gasteiger partial charge in [-0.3, -0.25) is 4.79 Å². The highest BCUT2D eigenvalue weighted by molar-refractivity contribution is 6.32. The van der Waals surface area contributed by atoms with E-state index in [0.717, 1.165) is 28.1 Å². The number of halogens is 1. The molecule has 0 aliphatic rings. The molecule has 0 radical (unpaired) electrons. The summed E-state index contributed by atoms with van der Waals surface area (Å²) in [5, 5.41) is 0.755. The summed E-state index contributed by atoms with van der Waals surface area (Å²) < 4.78 is 0. The average Bonchev–Trinajstić information content (AvgIpc) is 2.24. The molecule has 0 aromatic heterocycles. The number of hydrogen-bond acceptors (Lipinski definition) is 1. The predicted octanol–water partition coefficient (Wildman–Crippen LogP) is 4.58. The summed E-state index contributed by atoms with van der Waals surface area (Å²) in [4.78, 5) is 12.3. The van der Waals surface area contributed by atoms with Gasteiger partial charge in [-0.05, 0) is 43.5 Å². The van der Waals surface area contributed by atoms with E-state index in [-0.39, 0.29) is 11.2 Å². The van der Waals surface area contributed by atoms with Crippen LogP contribution in [0, 0.1) is 19.3 Å². The fourth-order valence-corrected chi connectivity index (χ4v) is 1.74. The largest absolute Gasteiger partial charge is 0.294 e. The molecule has 0 fully saturated rings. The minimum Gasteiger partial charge on any atom is -0.294 e. The molecule has 0 aliphatic heterocycles. The highest BCUT2D eigenvalue weighted by Gasteiger charge is 2.26. The molecule has 0 bridgehead atoms. The van der Waals surface area contributed by atoms with E-state index in [0.29, 0.717) is 0 Å². The molecular weight excluding hydrogens is 220 g/mol. The molecule has 0 unspecified atom stereocenters. The lowest BCUT2D eigenvalue weighted by molar-refractivity contribution is 0.0833. The zero-order chi connectivity index (χ0) is 12.5. The van der Waals surface area contributed by atoms with Gasteiger partial charge < -0.3 is 0 Å². The minimum atomic E-state index is -0.299. The van der Waals surface area contributed by atoms with Crippen molar-refractivity contribution in [1.29, 1.82) is 0 Å².